The molecule has 0 spiro atoms. The summed E-state index contributed by atoms with van der Waals surface area (Å²) >= 11 is 0. The number of ether oxygens (including phenoxy) is 1. The molecule has 28 heavy (non-hydrogen) atoms. The van der Waals surface area contributed by atoms with Gasteiger partial charge in [-0.15, -0.1) is 0 Å². The van der Waals surface area contributed by atoms with Crippen molar-refractivity contribution >= 4 is 17.9 Å². The van der Waals surface area contributed by atoms with E-state index < -0.39 is 5.97 Å². The van der Waals surface area contributed by atoms with E-state index >= 15 is 0 Å². The van der Waals surface area contributed by atoms with Gasteiger partial charge in [0.05, 0.1) is 17.2 Å². The van der Waals surface area contributed by atoms with E-state index in [0.717, 1.165) is 0 Å². The first-order valence-electron chi connectivity index (χ1n) is 8.43. The number of nitriles is 1. The number of anilines is 2. The predicted molar refractivity (Wildman–Crippen MR) is 104 cm³/mol. The third kappa shape index (κ3) is 4.04. The average molecular weight is 374 g/mol. The lowest BCUT2D eigenvalue weighted by Crippen LogP contribution is -2.17. The highest BCUT2D eigenvalue weighted by Crippen LogP contribution is 2.27. The van der Waals surface area contributed by atoms with Crippen LogP contribution in [-0.4, -0.2) is 35.0 Å². The Kier molecular flexibility index (Phi) is 5.46. The number of hydrogen-bond donors (Lipinski definition) is 1. The zero-order chi connectivity index (χ0) is 20.1. The molecule has 3 aromatic rings. The zero-order valence-corrected chi connectivity index (χ0v) is 15.5. The number of benzene rings is 2. The lowest BCUT2D eigenvalue weighted by Gasteiger charge is -2.12. The maximum absolute atomic E-state index is 12.7. The standard InChI is InChI=1S/C20H18N6O2/c1-26(2)20-24-17(23-19(22)25-20)12-28-18(27)16-10-6-5-9-15(16)14-8-4-3-7-13(14)11-21/h3-10H,12H2,1-2H3,(H2,22,23,24,25). The molecule has 0 atom stereocenters. The molecule has 2 N–H and O–H groups in total. The summed E-state index contributed by atoms with van der Waals surface area (Å²) in [5.41, 5.74) is 7.79. The Balaban J connectivity index is 1.86. The van der Waals surface area contributed by atoms with Crippen LogP contribution in [0.4, 0.5) is 11.9 Å². The monoisotopic (exact) mass is 374 g/mol. The largest absolute Gasteiger partial charge is 0.454 e. The maximum Gasteiger partial charge on any atom is 0.339 e. The predicted octanol–water partition coefficient (Wildman–Crippen LogP) is 2.42. The van der Waals surface area contributed by atoms with Crippen molar-refractivity contribution in [2.75, 3.05) is 24.7 Å². The molecular weight excluding hydrogens is 356 g/mol. The molecule has 2 aromatic carbocycles. The molecule has 0 radical (unpaired) electrons. The van der Waals surface area contributed by atoms with Gasteiger partial charge in [-0.05, 0) is 17.7 Å². The van der Waals surface area contributed by atoms with Crippen molar-refractivity contribution in [3.05, 3.63) is 65.5 Å². The van der Waals surface area contributed by atoms with Gasteiger partial charge in [0.15, 0.2) is 12.4 Å². The third-order valence-electron chi connectivity index (χ3n) is 3.90. The third-order valence-corrected chi connectivity index (χ3v) is 3.90. The minimum absolute atomic E-state index is 0.0492. The van der Waals surface area contributed by atoms with Crippen LogP contribution in [0, 0.1) is 11.3 Å². The van der Waals surface area contributed by atoms with Gasteiger partial charge in [-0.3, -0.25) is 0 Å². The Hall–Kier alpha value is -3.99. The smallest absolute Gasteiger partial charge is 0.339 e. The summed E-state index contributed by atoms with van der Waals surface area (Å²) in [4.78, 5) is 26.6. The summed E-state index contributed by atoms with van der Waals surface area (Å²) in [5, 5.41) is 9.35. The lowest BCUT2D eigenvalue weighted by molar-refractivity contribution is 0.0463. The molecule has 0 saturated carbocycles. The van der Waals surface area contributed by atoms with Crippen LogP contribution in [-0.2, 0) is 11.3 Å². The first-order chi connectivity index (χ1) is 13.5. The number of nitrogen functional groups attached to an aromatic ring is 1. The normalized spacial score (nSPS) is 10.2. The van der Waals surface area contributed by atoms with E-state index in [0.29, 0.717) is 28.2 Å². The SMILES string of the molecule is CN(C)c1nc(N)nc(COC(=O)c2ccccc2-c2ccccc2C#N)n1. The summed E-state index contributed by atoms with van der Waals surface area (Å²) in [6.45, 7) is -0.152. The molecule has 0 aliphatic carbocycles. The van der Waals surface area contributed by atoms with Crippen molar-refractivity contribution in [2.45, 2.75) is 6.61 Å². The number of hydrogen-bond acceptors (Lipinski definition) is 8. The van der Waals surface area contributed by atoms with Gasteiger partial charge in [-0.1, -0.05) is 36.4 Å². The molecule has 1 heterocycles. The Morgan fingerprint density at radius 2 is 1.75 bits per heavy atom. The van der Waals surface area contributed by atoms with Crippen molar-refractivity contribution in [3.63, 3.8) is 0 Å². The number of aromatic nitrogens is 3. The summed E-state index contributed by atoms with van der Waals surface area (Å²) < 4.78 is 5.39. The molecule has 8 heteroatoms. The molecule has 0 fully saturated rings. The summed E-state index contributed by atoms with van der Waals surface area (Å²) in [5.74, 6) is 0.128. The quantitative estimate of drug-likeness (QED) is 0.677. The van der Waals surface area contributed by atoms with Crippen LogP contribution >= 0.6 is 0 Å². The first kappa shape index (κ1) is 18.8. The van der Waals surface area contributed by atoms with Crippen molar-refractivity contribution in [1.29, 1.82) is 5.26 Å². The number of rotatable bonds is 5. The van der Waals surface area contributed by atoms with Crippen LogP contribution in [0.3, 0.4) is 0 Å². The fraction of sp³-hybridized carbons (Fsp3) is 0.150. The average Bonchev–Trinajstić information content (AvgIpc) is 2.71. The van der Waals surface area contributed by atoms with E-state index in [1.54, 1.807) is 61.5 Å². The maximum atomic E-state index is 12.7. The highest BCUT2D eigenvalue weighted by Gasteiger charge is 2.17. The second-order valence-electron chi connectivity index (χ2n) is 6.08. The molecule has 140 valence electrons. The number of carbonyl (C=O) groups excluding carboxylic acids is 1. The Morgan fingerprint density at radius 1 is 1.07 bits per heavy atom. The zero-order valence-electron chi connectivity index (χ0n) is 15.5. The Bertz CT molecular complexity index is 1060. The van der Waals surface area contributed by atoms with E-state index in [2.05, 4.69) is 21.0 Å². The van der Waals surface area contributed by atoms with E-state index in [9.17, 15) is 10.1 Å². The van der Waals surface area contributed by atoms with Gasteiger partial charge >= 0.3 is 5.97 Å². The van der Waals surface area contributed by atoms with Crippen LogP contribution < -0.4 is 10.6 Å². The lowest BCUT2D eigenvalue weighted by atomic mass is 9.96. The molecule has 0 aliphatic rings. The molecular formula is C20H18N6O2. The fourth-order valence-corrected chi connectivity index (χ4v) is 2.61. The van der Waals surface area contributed by atoms with Crippen molar-refractivity contribution in [3.8, 4) is 17.2 Å². The van der Waals surface area contributed by atoms with Gasteiger partial charge in [0.2, 0.25) is 11.9 Å². The highest BCUT2D eigenvalue weighted by molar-refractivity contribution is 5.98. The molecule has 0 aliphatic heterocycles. The second kappa shape index (κ2) is 8.14. The van der Waals surface area contributed by atoms with Gasteiger partial charge in [0, 0.05) is 19.7 Å². The van der Waals surface area contributed by atoms with Crippen LogP contribution in [0.2, 0.25) is 0 Å². The highest BCUT2D eigenvalue weighted by atomic mass is 16.5. The number of nitrogens with zero attached hydrogens (tertiary/aromatic N) is 5. The Labute approximate surface area is 162 Å². The Morgan fingerprint density at radius 3 is 2.46 bits per heavy atom. The van der Waals surface area contributed by atoms with Crippen LogP contribution in [0.15, 0.2) is 48.5 Å². The molecule has 0 unspecified atom stereocenters. The van der Waals surface area contributed by atoms with Crippen LogP contribution in [0.1, 0.15) is 21.7 Å². The van der Waals surface area contributed by atoms with Crippen LogP contribution in [0.5, 0.6) is 0 Å². The van der Waals surface area contributed by atoms with Gasteiger partial charge in [0.1, 0.15) is 0 Å². The van der Waals surface area contributed by atoms with E-state index in [4.69, 9.17) is 10.5 Å². The summed E-state index contributed by atoms with van der Waals surface area (Å²) in [7, 11) is 3.54. The van der Waals surface area contributed by atoms with Crippen LogP contribution in [0.25, 0.3) is 11.1 Å². The van der Waals surface area contributed by atoms with Crippen molar-refractivity contribution < 1.29 is 9.53 Å². The van der Waals surface area contributed by atoms with Gasteiger partial charge in [0.25, 0.3) is 0 Å². The van der Waals surface area contributed by atoms with Crippen molar-refractivity contribution in [2.24, 2.45) is 0 Å². The summed E-state index contributed by atoms with van der Waals surface area (Å²) in [6.07, 6.45) is 0. The topological polar surface area (TPSA) is 118 Å². The van der Waals surface area contributed by atoms with E-state index in [1.165, 1.54) is 0 Å². The molecule has 0 amide bonds. The molecule has 0 bridgehead atoms. The van der Waals surface area contributed by atoms with E-state index in [1.807, 2.05) is 6.07 Å². The minimum atomic E-state index is -0.547. The molecule has 3 rings (SSSR count). The van der Waals surface area contributed by atoms with Gasteiger partial charge in [-0.25, -0.2) is 4.79 Å². The second-order valence-corrected chi connectivity index (χ2v) is 6.08. The van der Waals surface area contributed by atoms with Crippen molar-refractivity contribution in [1.82, 2.24) is 15.0 Å². The number of esters is 1. The molecule has 0 saturated heterocycles. The molecule has 8 nitrogen and oxygen atoms in total. The molecule has 1 aromatic heterocycles. The number of nitrogens with two attached hydrogens (primary N) is 1. The number of carbonyl (C=O) groups is 1. The van der Waals surface area contributed by atoms with Gasteiger partial charge < -0.3 is 15.4 Å². The van der Waals surface area contributed by atoms with Gasteiger partial charge in [-0.2, -0.15) is 20.2 Å². The summed E-state index contributed by atoms with van der Waals surface area (Å²) in [6, 6.07) is 16.2. The first-order valence-corrected chi connectivity index (χ1v) is 8.43. The fourth-order valence-electron chi connectivity index (χ4n) is 2.61. The minimum Gasteiger partial charge on any atom is -0.454 e. The van der Waals surface area contributed by atoms with E-state index in [-0.39, 0.29) is 18.4 Å².